The molecular weight excluding hydrogens is 354 g/mol. The van der Waals surface area contributed by atoms with Crippen molar-refractivity contribution in [3.05, 3.63) is 64.3 Å². The SMILES string of the molecule is COc1ccc(/C=C2/N=C(c3ccccc3Cl)OC2=O)cc1OC(C)C. The Balaban J connectivity index is 1.94. The largest absolute Gasteiger partial charge is 0.493 e. The Kier molecular flexibility index (Phi) is 5.28. The number of aliphatic imine (C=N–C) groups is 1. The third-order valence-corrected chi connectivity index (χ3v) is 3.91. The van der Waals surface area contributed by atoms with E-state index in [-0.39, 0.29) is 17.7 Å². The fourth-order valence-electron chi connectivity index (χ4n) is 2.45. The third-order valence-electron chi connectivity index (χ3n) is 3.58. The lowest BCUT2D eigenvalue weighted by molar-refractivity contribution is -0.129. The van der Waals surface area contributed by atoms with Crippen LogP contribution in [-0.2, 0) is 9.53 Å². The molecule has 2 aromatic carbocycles. The van der Waals surface area contributed by atoms with E-state index >= 15 is 0 Å². The summed E-state index contributed by atoms with van der Waals surface area (Å²) in [5, 5.41) is 0.470. The second-order valence-electron chi connectivity index (χ2n) is 5.89. The number of rotatable bonds is 5. The summed E-state index contributed by atoms with van der Waals surface area (Å²) in [4.78, 5) is 16.4. The Morgan fingerprint density at radius 3 is 2.62 bits per heavy atom. The minimum atomic E-state index is -0.526. The molecule has 0 amide bonds. The maximum absolute atomic E-state index is 12.2. The monoisotopic (exact) mass is 371 g/mol. The first-order valence-electron chi connectivity index (χ1n) is 8.10. The van der Waals surface area contributed by atoms with E-state index in [4.69, 9.17) is 25.8 Å². The predicted octanol–water partition coefficient (Wildman–Crippen LogP) is 4.48. The van der Waals surface area contributed by atoms with E-state index in [1.807, 2.05) is 19.9 Å². The molecule has 1 aliphatic rings. The average molecular weight is 372 g/mol. The Morgan fingerprint density at radius 2 is 1.92 bits per heavy atom. The molecule has 0 aromatic heterocycles. The zero-order chi connectivity index (χ0) is 18.7. The lowest BCUT2D eigenvalue weighted by atomic mass is 10.1. The van der Waals surface area contributed by atoms with Gasteiger partial charge in [-0.2, -0.15) is 0 Å². The molecule has 0 saturated heterocycles. The van der Waals surface area contributed by atoms with E-state index in [1.165, 1.54) is 0 Å². The van der Waals surface area contributed by atoms with Gasteiger partial charge >= 0.3 is 5.97 Å². The van der Waals surface area contributed by atoms with Gasteiger partial charge in [-0.25, -0.2) is 9.79 Å². The molecule has 0 saturated carbocycles. The van der Waals surface area contributed by atoms with Crippen LogP contribution in [0.5, 0.6) is 11.5 Å². The van der Waals surface area contributed by atoms with Gasteiger partial charge in [0.25, 0.3) is 0 Å². The molecule has 134 valence electrons. The van der Waals surface area contributed by atoms with Crippen LogP contribution in [0.1, 0.15) is 25.0 Å². The first-order valence-corrected chi connectivity index (χ1v) is 8.48. The maximum Gasteiger partial charge on any atom is 0.363 e. The molecule has 0 aliphatic carbocycles. The van der Waals surface area contributed by atoms with Crippen molar-refractivity contribution in [2.45, 2.75) is 20.0 Å². The minimum Gasteiger partial charge on any atom is -0.493 e. The molecule has 5 nitrogen and oxygen atoms in total. The number of halogens is 1. The number of benzene rings is 2. The van der Waals surface area contributed by atoms with Crippen LogP contribution < -0.4 is 9.47 Å². The van der Waals surface area contributed by atoms with E-state index in [0.717, 1.165) is 5.56 Å². The number of hydrogen-bond donors (Lipinski definition) is 0. The molecule has 1 heterocycles. The van der Waals surface area contributed by atoms with Crippen molar-refractivity contribution < 1.29 is 19.0 Å². The van der Waals surface area contributed by atoms with Crippen LogP contribution in [0.4, 0.5) is 0 Å². The van der Waals surface area contributed by atoms with Gasteiger partial charge in [0.05, 0.1) is 23.8 Å². The van der Waals surface area contributed by atoms with Gasteiger partial charge in [0.15, 0.2) is 17.2 Å². The molecule has 2 aromatic rings. The second kappa shape index (κ2) is 7.62. The fraction of sp³-hybridized carbons (Fsp3) is 0.200. The van der Waals surface area contributed by atoms with Crippen LogP contribution in [0.15, 0.2) is 53.2 Å². The number of hydrogen-bond acceptors (Lipinski definition) is 5. The first-order chi connectivity index (χ1) is 12.5. The van der Waals surface area contributed by atoms with Crippen LogP contribution in [0.2, 0.25) is 5.02 Å². The lowest BCUT2D eigenvalue weighted by Crippen LogP contribution is -2.07. The molecule has 6 heteroatoms. The van der Waals surface area contributed by atoms with Crippen molar-refractivity contribution in [1.29, 1.82) is 0 Å². The van der Waals surface area contributed by atoms with Crippen LogP contribution in [-0.4, -0.2) is 25.1 Å². The van der Waals surface area contributed by atoms with Gasteiger partial charge in [-0.15, -0.1) is 0 Å². The minimum absolute atomic E-state index is 0.00639. The smallest absolute Gasteiger partial charge is 0.363 e. The van der Waals surface area contributed by atoms with Crippen LogP contribution >= 0.6 is 11.6 Å². The number of cyclic esters (lactones) is 1. The van der Waals surface area contributed by atoms with Gasteiger partial charge in [-0.1, -0.05) is 29.8 Å². The molecule has 0 atom stereocenters. The number of carbonyl (C=O) groups excluding carboxylic acids is 1. The normalized spacial score (nSPS) is 15.2. The zero-order valence-electron chi connectivity index (χ0n) is 14.7. The highest BCUT2D eigenvalue weighted by Gasteiger charge is 2.25. The summed E-state index contributed by atoms with van der Waals surface area (Å²) in [6.45, 7) is 3.86. The second-order valence-corrected chi connectivity index (χ2v) is 6.30. The van der Waals surface area contributed by atoms with Crippen LogP contribution in [0.3, 0.4) is 0 Å². The highest BCUT2D eigenvalue weighted by atomic mass is 35.5. The summed E-state index contributed by atoms with van der Waals surface area (Å²) < 4.78 is 16.3. The summed E-state index contributed by atoms with van der Waals surface area (Å²) in [5.41, 5.74) is 1.52. The van der Waals surface area contributed by atoms with Crippen LogP contribution in [0, 0.1) is 0 Å². The highest BCUT2D eigenvalue weighted by molar-refractivity contribution is 6.34. The van der Waals surface area contributed by atoms with E-state index in [0.29, 0.717) is 22.1 Å². The number of carbonyl (C=O) groups is 1. The Hall–Kier alpha value is -2.79. The topological polar surface area (TPSA) is 57.1 Å². The van der Waals surface area contributed by atoms with Gasteiger partial charge in [-0.3, -0.25) is 0 Å². The molecule has 0 bridgehead atoms. The number of methoxy groups -OCH3 is 1. The summed E-state index contributed by atoms with van der Waals surface area (Å²) >= 11 is 6.14. The Bertz CT molecular complexity index is 902. The van der Waals surface area contributed by atoms with Gasteiger partial charge in [0, 0.05) is 0 Å². The molecule has 0 unspecified atom stereocenters. The molecule has 3 rings (SSSR count). The summed E-state index contributed by atoms with van der Waals surface area (Å²) in [6, 6.07) is 12.5. The number of esters is 1. The highest BCUT2D eigenvalue weighted by Crippen LogP contribution is 2.31. The van der Waals surface area contributed by atoms with E-state index in [1.54, 1.807) is 49.6 Å². The fourth-order valence-corrected chi connectivity index (χ4v) is 2.66. The molecular formula is C20H18ClNO4. The molecule has 0 spiro atoms. The van der Waals surface area contributed by atoms with E-state index in [9.17, 15) is 4.79 Å². The van der Waals surface area contributed by atoms with Gasteiger partial charge < -0.3 is 14.2 Å². The standard InChI is InChI=1S/C20H18ClNO4/c1-12(2)25-18-11-13(8-9-17(18)24-3)10-16-20(23)26-19(22-16)14-6-4-5-7-15(14)21/h4-12H,1-3H3/b16-10+. The van der Waals surface area contributed by atoms with Crippen molar-refractivity contribution in [3.8, 4) is 11.5 Å². The van der Waals surface area contributed by atoms with E-state index < -0.39 is 5.97 Å². The van der Waals surface area contributed by atoms with Crippen LogP contribution in [0.25, 0.3) is 6.08 Å². The summed E-state index contributed by atoms with van der Waals surface area (Å²) in [7, 11) is 1.58. The van der Waals surface area contributed by atoms with Crippen molar-refractivity contribution in [2.75, 3.05) is 7.11 Å². The number of ether oxygens (including phenoxy) is 3. The molecule has 26 heavy (non-hydrogen) atoms. The molecule has 0 fully saturated rings. The summed E-state index contributed by atoms with van der Waals surface area (Å²) in [6.07, 6.45) is 1.63. The van der Waals surface area contributed by atoms with Crippen molar-refractivity contribution >= 4 is 29.5 Å². The zero-order valence-corrected chi connectivity index (χ0v) is 15.4. The Labute approximate surface area is 156 Å². The van der Waals surface area contributed by atoms with Crippen molar-refractivity contribution in [2.24, 2.45) is 4.99 Å². The average Bonchev–Trinajstić information content (AvgIpc) is 2.95. The Morgan fingerprint density at radius 1 is 1.15 bits per heavy atom. The van der Waals surface area contributed by atoms with Gasteiger partial charge in [-0.05, 0) is 49.8 Å². The predicted molar refractivity (Wildman–Crippen MR) is 101 cm³/mol. The number of nitrogens with zero attached hydrogens (tertiary/aromatic N) is 1. The molecule has 1 aliphatic heterocycles. The third kappa shape index (κ3) is 3.89. The van der Waals surface area contributed by atoms with Crippen molar-refractivity contribution in [1.82, 2.24) is 0 Å². The van der Waals surface area contributed by atoms with Gasteiger partial charge in [0.2, 0.25) is 5.90 Å². The van der Waals surface area contributed by atoms with Crippen molar-refractivity contribution in [3.63, 3.8) is 0 Å². The maximum atomic E-state index is 12.2. The summed E-state index contributed by atoms with van der Waals surface area (Å²) in [5.74, 6) is 0.884. The quantitative estimate of drug-likeness (QED) is 0.574. The molecule has 0 radical (unpaired) electrons. The lowest BCUT2D eigenvalue weighted by Gasteiger charge is -2.13. The van der Waals surface area contributed by atoms with Gasteiger partial charge in [0.1, 0.15) is 0 Å². The first kappa shape index (κ1) is 18.0. The molecule has 0 N–H and O–H groups in total. The van der Waals surface area contributed by atoms with E-state index in [2.05, 4.69) is 4.99 Å².